The van der Waals surface area contributed by atoms with E-state index in [-0.39, 0.29) is 23.6 Å². The normalized spacial score (nSPS) is 57.1. The molecule has 11 atom stereocenters. The van der Waals surface area contributed by atoms with E-state index in [2.05, 4.69) is 34.6 Å². The minimum absolute atomic E-state index is 0.0142. The second-order valence-electron chi connectivity index (χ2n) is 14.4. The van der Waals surface area contributed by atoms with Crippen molar-refractivity contribution in [3.63, 3.8) is 0 Å². The molecule has 0 aromatic rings. The Hall–Kier alpha value is -0.870. The molecule has 190 valence electrons. The molecule has 6 aliphatic rings. The smallest absolute Gasteiger partial charge is 0.330 e. The number of esters is 1. The van der Waals surface area contributed by atoms with Gasteiger partial charge in [-0.1, -0.05) is 34.6 Å². The van der Waals surface area contributed by atoms with Crippen molar-refractivity contribution < 1.29 is 19.4 Å². The minimum Gasteiger partial charge on any atom is -0.466 e. The molecule has 5 aliphatic carbocycles. The predicted octanol–water partition coefficient (Wildman–Crippen LogP) is 5.92. The van der Waals surface area contributed by atoms with E-state index in [9.17, 15) is 9.90 Å². The number of ether oxygens (including phenoxy) is 2. The Morgan fingerprint density at radius 3 is 2.44 bits per heavy atom. The highest BCUT2D eigenvalue weighted by atomic mass is 16.5. The molecule has 4 heteroatoms. The van der Waals surface area contributed by atoms with E-state index >= 15 is 0 Å². The number of hydrogen-bond acceptors (Lipinski definition) is 4. The lowest BCUT2D eigenvalue weighted by molar-refractivity contribution is -0.165. The number of aliphatic hydroxyl groups excluding tert-OH is 1. The van der Waals surface area contributed by atoms with Crippen molar-refractivity contribution in [1.29, 1.82) is 0 Å². The standard InChI is InChI=1S/C30H46O4/c1-18-15-19(7-10-24(32)33-6)34-20-16-28(5)22-9-8-21-26(2,3)23(31)11-12-29(21)17-30(22,29)14-13-27(28,4)25(18)20/h7,10,18-23,25,31H,8-9,11-17H2,1-6H3/b10-7+/t18-,19?,20?,21?,22+,23+,25?,27-,28+,29-,30+/m1/s1. The molecular formula is C30H46O4. The van der Waals surface area contributed by atoms with Crippen LogP contribution in [0.25, 0.3) is 0 Å². The fourth-order valence-corrected chi connectivity index (χ4v) is 11.7. The average Bonchev–Trinajstić information content (AvgIpc) is 3.38. The first-order chi connectivity index (χ1) is 15.9. The predicted molar refractivity (Wildman–Crippen MR) is 132 cm³/mol. The summed E-state index contributed by atoms with van der Waals surface area (Å²) in [7, 11) is 1.43. The summed E-state index contributed by atoms with van der Waals surface area (Å²) in [5.74, 6) is 2.37. The van der Waals surface area contributed by atoms with Crippen LogP contribution in [0.3, 0.4) is 0 Å². The van der Waals surface area contributed by atoms with Crippen LogP contribution >= 0.6 is 0 Å². The molecule has 0 bridgehead atoms. The van der Waals surface area contributed by atoms with Gasteiger partial charge in [-0.05, 0) is 115 Å². The van der Waals surface area contributed by atoms with Crippen molar-refractivity contribution in [2.24, 2.45) is 50.7 Å². The molecule has 34 heavy (non-hydrogen) atoms. The zero-order valence-electron chi connectivity index (χ0n) is 22.2. The Balaban J connectivity index is 1.30. The molecule has 1 saturated heterocycles. The SMILES string of the molecule is COC(=O)/C=C/C1C[C@@H](C)C2C(C[C@@]3(C)[C@@H]4CCC5C(C)(C)[C@@H](O)CC[C@@]56C[C@@]46CC[C@]23C)O1. The van der Waals surface area contributed by atoms with Gasteiger partial charge in [0.2, 0.25) is 0 Å². The van der Waals surface area contributed by atoms with Crippen molar-refractivity contribution >= 4 is 5.97 Å². The summed E-state index contributed by atoms with van der Waals surface area (Å²) in [6.07, 6.45) is 14.8. The number of hydrogen-bond donors (Lipinski definition) is 1. The van der Waals surface area contributed by atoms with Gasteiger partial charge in [-0.25, -0.2) is 4.79 Å². The monoisotopic (exact) mass is 470 g/mol. The zero-order chi connectivity index (χ0) is 24.3. The van der Waals surface area contributed by atoms with E-state index in [0.29, 0.717) is 45.5 Å². The van der Waals surface area contributed by atoms with Crippen molar-refractivity contribution in [2.45, 2.75) is 111 Å². The highest BCUT2D eigenvalue weighted by molar-refractivity contribution is 5.81. The fourth-order valence-electron chi connectivity index (χ4n) is 11.7. The lowest BCUT2D eigenvalue weighted by atomic mass is 9.41. The molecule has 1 N–H and O–H groups in total. The molecule has 4 nitrogen and oxygen atoms in total. The highest BCUT2D eigenvalue weighted by Crippen LogP contribution is 2.89. The molecule has 1 heterocycles. The first-order valence-electron chi connectivity index (χ1n) is 14.0. The molecule has 0 aromatic carbocycles. The number of carbonyl (C=O) groups is 1. The molecule has 0 aromatic heterocycles. The number of rotatable bonds is 2. The molecule has 6 fully saturated rings. The Labute approximate surface area is 206 Å². The van der Waals surface area contributed by atoms with Crippen molar-refractivity contribution in [1.82, 2.24) is 0 Å². The molecule has 2 spiro atoms. The van der Waals surface area contributed by atoms with E-state index < -0.39 is 0 Å². The Morgan fingerprint density at radius 1 is 1.00 bits per heavy atom. The van der Waals surface area contributed by atoms with Gasteiger partial charge in [0.1, 0.15) is 0 Å². The summed E-state index contributed by atoms with van der Waals surface area (Å²) >= 11 is 0. The van der Waals surface area contributed by atoms with E-state index in [1.54, 1.807) is 6.08 Å². The maximum atomic E-state index is 11.7. The number of fused-ring (bicyclic) bond motifs is 4. The van der Waals surface area contributed by atoms with Gasteiger partial charge in [0.15, 0.2) is 0 Å². The number of carbonyl (C=O) groups excluding carboxylic acids is 1. The largest absolute Gasteiger partial charge is 0.466 e. The molecule has 6 rings (SSSR count). The maximum absolute atomic E-state index is 11.7. The Kier molecular flexibility index (Phi) is 4.93. The van der Waals surface area contributed by atoms with Crippen molar-refractivity contribution in [3.05, 3.63) is 12.2 Å². The second kappa shape index (κ2) is 7.12. The average molecular weight is 471 g/mol. The van der Waals surface area contributed by atoms with Crippen LogP contribution in [0, 0.1) is 50.7 Å². The summed E-state index contributed by atoms with van der Waals surface area (Å²) < 4.78 is 11.6. The lowest BCUT2D eigenvalue weighted by Crippen LogP contribution is -2.57. The van der Waals surface area contributed by atoms with Crippen LogP contribution in [-0.4, -0.2) is 36.5 Å². The van der Waals surface area contributed by atoms with Crippen LogP contribution in [0.1, 0.15) is 92.4 Å². The summed E-state index contributed by atoms with van der Waals surface area (Å²) in [6.45, 7) is 12.4. The van der Waals surface area contributed by atoms with Gasteiger partial charge < -0.3 is 14.6 Å². The quantitative estimate of drug-likeness (QED) is 0.402. The number of aliphatic hydroxyl groups is 1. The molecule has 0 radical (unpaired) electrons. The van der Waals surface area contributed by atoms with Gasteiger partial charge in [-0.2, -0.15) is 0 Å². The van der Waals surface area contributed by atoms with Crippen molar-refractivity contribution in [2.75, 3.05) is 7.11 Å². The summed E-state index contributed by atoms with van der Waals surface area (Å²) in [4.78, 5) is 11.7. The van der Waals surface area contributed by atoms with Crippen LogP contribution in [0.2, 0.25) is 0 Å². The van der Waals surface area contributed by atoms with Gasteiger partial charge in [-0.15, -0.1) is 0 Å². The van der Waals surface area contributed by atoms with Crippen LogP contribution < -0.4 is 0 Å². The zero-order valence-corrected chi connectivity index (χ0v) is 22.2. The van der Waals surface area contributed by atoms with Crippen molar-refractivity contribution in [3.8, 4) is 0 Å². The first-order valence-corrected chi connectivity index (χ1v) is 14.0. The van der Waals surface area contributed by atoms with E-state index in [4.69, 9.17) is 9.47 Å². The summed E-state index contributed by atoms with van der Waals surface area (Å²) in [5, 5.41) is 10.9. The molecule has 5 saturated carbocycles. The van der Waals surface area contributed by atoms with Gasteiger partial charge in [0, 0.05) is 6.08 Å². The summed E-state index contributed by atoms with van der Waals surface area (Å²) in [6, 6.07) is 0. The topological polar surface area (TPSA) is 55.8 Å². The molecular weight excluding hydrogens is 424 g/mol. The van der Waals surface area contributed by atoms with Crippen LogP contribution in [-0.2, 0) is 14.3 Å². The molecule has 4 unspecified atom stereocenters. The maximum Gasteiger partial charge on any atom is 0.330 e. The van der Waals surface area contributed by atoms with Gasteiger partial charge in [0.05, 0.1) is 25.4 Å². The van der Waals surface area contributed by atoms with Crippen LogP contribution in [0.15, 0.2) is 12.2 Å². The van der Waals surface area contributed by atoms with E-state index in [1.807, 2.05) is 6.08 Å². The third-order valence-electron chi connectivity index (χ3n) is 13.3. The first kappa shape index (κ1) is 23.5. The fraction of sp³-hybridized carbons (Fsp3) is 0.900. The summed E-state index contributed by atoms with van der Waals surface area (Å²) in [5.41, 5.74) is 1.67. The third-order valence-corrected chi connectivity index (χ3v) is 13.3. The Morgan fingerprint density at radius 2 is 1.71 bits per heavy atom. The van der Waals surface area contributed by atoms with Gasteiger partial charge in [0.25, 0.3) is 0 Å². The van der Waals surface area contributed by atoms with Crippen LogP contribution in [0.5, 0.6) is 0 Å². The van der Waals surface area contributed by atoms with E-state index in [0.717, 1.165) is 18.8 Å². The lowest BCUT2D eigenvalue weighted by Gasteiger charge is -2.63. The van der Waals surface area contributed by atoms with E-state index in [1.165, 1.54) is 52.1 Å². The second-order valence-corrected chi connectivity index (χ2v) is 14.4. The molecule has 0 amide bonds. The minimum atomic E-state index is -0.296. The molecule has 1 aliphatic heterocycles. The van der Waals surface area contributed by atoms with Gasteiger partial charge in [-0.3, -0.25) is 0 Å². The highest BCUT2D eigenvalue weighted by Gasteiger charge is 2.83. The van der Waals surface area contributed by atoms with Gasteiger partial charge >= 0.3 is 5.97 Å². The number of methoxy groups -OCH3 is 1. The third kappa shape index (κ3) is 2.66. The Bertz CT molecular complexity index is 909. The van der Waals surface area contributed by atoms with Crippen LogP contribution in [0.4, 0.5) is 0 Å².